The molecule has 0 fully saturated rings. The zero-order chi connectivity index (χ0) is 32.5. The lowest BCUT2D eigenvalue weighted by Gasteiger charge is -2.28. The van der Waals surface area contributed by atoms with Gasteiger partial charge in [-0.15, -0.1) is 0 Å². The first-order valence-electron chi connectivity index (χ1n) is 15.0. The SMILES string of the molecule is CC1=C\[C@@H](O)CC(=O)Cc2nc(co2)C(=O)N[C@H](Cc2c[nH]c3ccccc23)C(=O)O[C@H](C(C)C)[C@H](C)/C=C/C(=O)NC\C=C\1. The zero-order valence-corrected chi connectivity index (χ0v) is 25.9. The molecule has 0 radical (unpaired) electrons. The van der Waals surface area contributed by atoms with E-state index in [-0.39, 0.29) is 60.9 Å². The largest absolute Gasteiger partial charge is 0.460 e. The van der Waals surface area contributed by atoms with Crippen LogP contribution in [-0.2, 0) is 32.0 Å². The number of carbonyl (C=O) groups is 4. The fourth-order valence-corrected chi connectivity index (χ4v) is 5.21. The number of amides is 2. The Labute approximate surface area is 261 Å². The number of fused-ring (bicyclic) bond motifs is 3. The third-order valence-electron chi connectivity index (χ3n) is 7.47. The Balaban J connectivity index is 1.63. The summed E-state index contributed by atoms with van der Waals surface area (Å²) in [5.74, 6) is -2.37. The molecule has 11 heteroatoms. The van der Waals surface area contributed by atoms with Crippen LogP contribution in [0.1, 0.15) is 56.1 Å². The van der Waals surface area contributed by atoms with Crippen molar-refractivity contribution in [1.82, 2.24) is 20.6 Å². The number of nitrogens with one attached hydrogen (secondary N) is 3. The molecule has 238 valence electrons. The minimum Gasteiger partial charge on any atom is -0.460 e. The van der Waals surface area contributed by atoms with Gasteiger partial charge >= 0.3 is 5.97 Å². The number of cyclic esters (lactones) is 1. The fraction of sp³-hybridized carbons (Fsp3) is 0.382. The van der Waals surface area contributed by atoms with Gasteiger partial charge in [0, 0.05) is 42.4 Å². The van der Waals surface area contributed by atoms with Crippen molar-refractivity contribution in [2.75, 3.05) is 6.54 Å². The smallest absolute Gasteiger partial charge is 0.329 e. The molecule has 0 aliphatic carbocycles. The Kier molecular flexibility index (Phi) is 11.3. The molecule has 4 rings (SSSR count). The van der Waals surface area contributed by atoms with Gasteiger partial charge in [-0.3, -0.25) is 14.4 Å². The number of oxazole rings is 1. The Morgan fingerprint density at radius 1 is 1.11 bits per heavy atom. The number of rotatable bonds is 3. The topological polar surface area (TPSA) is 164 Å². The molecule has 1 aliphatic rings. The summed E-state index contributed by atoms with van der Waals surface area (Å²) < 4.78 is 11.4. The lowest BCUT2D eigenvalue weighted by atomic mass is 9.94. The van der Waals surface area contributed by atoms with Crippen LogP contribution in [0, 0.1) is 11.8 Å². The van der Waals surface area contributed by atoms with E-state index in [0.29, 0.717) is 5.57 Å². The molecule has 4 atom stereocenters. The monoisotopic (exact) mass is 616 g/mol. The van der Waals surface area contributed by atoms with E-state index in [0.717, 1.165) is 22.7 Å². The van der Waals surface area contributed by atoms with Crippen molar-refractivity contribution in [2.24, 2.45) is 11.8 Å². The van der Waals surface area contributed by atoms with E-state index in [1.165, 1.54) is 6.08 Å². The summed E-state index contributed by atoms with van der Waals surface area (Å²) in [6.07, 6.45) is 9.13. The number of H-pyrrole nitrogens is 1. The number of aliphatic hydroxyl groups excluding tert-OH is 1. The normalized spacial score (nSPS) is 25.6. The number of nitrogens with zero attached hydrogens (tertiary/aromatic N) is 1. The molecule has 1 aliphatic heterocycles. The molecular formula is C34H40N4O7. The third-order valence-corrected chi connectivity index (χ3v) is 7.47. The van der Waals surface area contributed by atoms with Gasteiger partial charge in [0.05, 0.1) is 12.5 Å². The summed E-state index contributed by atoms with van der Waals surface area (Å²) in [5.41, 5.74) is 2.30. The van der Waals surface area contributed by atoms with Crippen LogP contribution in [0.2, 0.25) is 0 Å². The molecule has 2 aromatic heterocycles. The lowest BCUT2D eigenvalue weighted by molar-refractivity contribution is -0.155. The average Bonchev–Trinajstić information content (AvgIpc) is 3.62. The van der Waals surface area contributed by atoms with Crippen LogP contribution in [-0.4, -0.2) is 63.4 Å². The Bertz CT molecular complexity index is 1610. The minimum atomic E-state index is -1.09. The van der Waals surface area contributed by atoms with Gasteiger partial charge in [-0.2, -0.15) is 0 Å². The highest BCUT2D eigenvalue weighted by Crippen LogP contribution is 2.22. The van der Waals surface area contributed by atoms with Gasteiger partial charge in [-0.1, -0.05) is 68.8 Å². The van der Waals surface area contributed by atoms with Crippen molar-refractivity contribution >= 4 is 34.5 Å². The Morgan fingerprint density at radius 3 is 2.67 bits per heavy atom. The summed E-state index contributed by atoms with van der Waals surface area (Å²) >= 11 is 0. The summed E-state index contributed by atoms with van der Waals surface area (Å²) in [7, 11) is 0. The van der Waals surface area contributed by atoms with Crippen LogP contribution >= 0.6 is 0 Å². The van der Waals surface area contributed by atoms with Gasteiger partial charge in [0.15, 0.2) is 5.69 Å². The zero-order valence-electron chi connectivity index (χ0n) is 25.9. The van der Waals surface area contributed by atoms with Gasteiger partial charge in [0.2, 0.25) is 11.8 Å². The molecule has 4 N–H and O–H groups in total. The second-order valence-electron chi connectivity index (χ2n) is 11.6. The van der Waals surface area contributed by atoms with E-state index in [1.807, 2.05) is 45.0 Å². The van der Waals surface area contributed by atoms with Crippen molar-refractivity contribution < 1.29 is 33.4 Å². The van der Waals surface area contributed by atoms with Crippen LogP contribution < -0.4 is 10.6 Å². The molecule has 3 heterocycles. The number of para-hydroxylation sites is 1. The number of carbonyl (C=O) groups excluding carboxylic acids is 4. The number of Topliss-reactive ketones (excluding diaryl/α,β-unsaturated/α-hetero) is 1. The molecule has 0 unspecified atom stereocenters. The van der Waals surface area contributed by atoms with Crippen LogP contribution in [0.3, 0.4) is 0 Å². The van der Waals surface area contributed by atoms with Gasteiger partial charge in [0.25, 0.3) is 5.91 Å². The molecule has 2 bridgehead atoms. The van der Waals surface area contributed by atoms with Crippen LogP contribution in [0.4, 0.5) is 0 Å². The second kappa shape index (κ2) is 15.3. The number of ketones is 1. The number of aliphatic hydroxyl groups is 1. The molecule has 3 aromatic rings. The van der Waals surface area contributed by atoms with E-state index in [1.54, 1.807) is 37.4 Å². The number of ether oxygens (including phenoxy) is 1. The van der Waals surface area contributed by atoms with E-state index in [4.69, 9.17) is 9.15 Å². The van der Waals surface area contributed by atoms with E-state index in [9.17, 15) is 24.3 Å². The van der Waals surface area contributed by atoms with Crippen LogP contribution in [0.5, 0.6) is 0 Å². The van der Waals surface area contributed by atoms with E-state index in [2.05, 4.69) is 20.6 Å². The molecule has 2 amide bonds. The number of esters is 1. The number of hydrogen-bond acceptors (Lipinski definition) is 8. The summed E-state index contributed by atoms with van der Waals surface area (Å²) in [6.45, 7) is 7.71. The average molecular weight is 617 g/mol. The Morgan fingerprint density at radius 2 is 1.89 bits per heavy atom. The summed E-state index contributed by atoms with van der Waals surface area (Å²) in [5, 5.41) is 16.8. The highest BCUT2D eigenvalue weighted by molar-refractivity contribution is 5.95. The molecule has 0 spiro atoms. The first kappa shape index (κ1) is 33.1. The van der Waals surface area contributed by atoms with Gasteiger partial charge < -0.3 is 29.9 Å². The molecule has 1 aromatic carbocycles. The first-order valence-corrected chi connectivity index (χ1v) is 15.0. The van der Waals surface area contributed by atoms with Gasteiger partial charge in [0.1, 0.15) is 24.2 Å². The van der Waals surface area contributed by atoms with Crippen molar-refractivity contribution in [3.63, 3.8) is 0 Å². The standard InChI is InChI=1S/C34H40N4O7/c1-20(2)32-22(4)11-12-30(41)35-13-7-8-21(3)14-24(39)16-25(40)17-31-37-29(19-44-31)33(42)38-28(34(43)45-32)15-23-18-36-27-10-6-5-9-26(23)27/h5-12,14,18-20,22,24,28,32,36,39H,13,15-17H2,1-4H3,(H,35,41)(H,38,42)/b8-7+,12-11+,21-14+/t22-,24-,28-,32-/m1/s1. The molecule has 0 saturated carbocycles. The van der Waals surface area contributed by atoms with Crippen molar-refractivity contribution in [3.8, 4) is 0 Å². The van der Waals surface area contributed by atoms with Gasteiger partial charge in [-0.05, 0) is 30.5 Å². The summed E-state index contributed by atoms with van der Waals surface area (Å²) in [6, 6.07) is 6.54. The maximum absolute atomic E-state index is 13.7. The second-order valence-corrected chi connectivity index (χ2v) is 11.6. The first-order chi connectivity index (χ1) is 21.5. The predicted molar refractivity (Wildman–Crippen MR) is 168 cm³/mol. The maximum Gasteiger partial charge on any atom is 0.329 e. The highest BCUT2D eigenvalue weighted by atomic mass is 16.5. The number of allylic oxidation sites excluding steroid dienone is 2. The van der Waals surface area contributed by atoms with E-state index < -0.39 is 30.1 Å². The van der Waals surface area contributed by atoms with Crippen LogP contribution in [0.25, 0.3) is 10.9 Å². The lowest BCUT2D eigenvalue weighted by Crippen LogP contribution is -2.46. The number of aromatic nitrogens is 2. The number of benzene rings is 1. The predicted octanol–water partition coefficient (Wildman–Crippen LogP) is 3.75. The third kappa shape index (κ3) is 9.36. The van der Waals surface area contributed by atoms with Crippen molar-refractivity contribution in [3.05, 3.63) is 89.8 Å². The van der Waals surface area contributed by atoms with Crippen molar-refractivity contribution in [1.29, 1.82) is 0 Å². The van der Waals surface area contributed by atoms with Crippen LogP contribution in [0.15, 0.2) is 77.1 Å². The minimum absolute atomic E-state index is 0.0170. The molecule has 0 saturated heterocycles. The molecule has 45 heavy (non-hydrogen) atoms. The highest BCUT2D eigenvalue weighted by Gasteiger charge is 2.31. The number of aromatic amines is 1. The summed E-state index contributed by atoms with van der Waals surface area (Å²) in [4.78, 5) is 59.4. The van der Waals surface area contributed by atoms with Crippen molar-refractivity contribution in [2.45, 2.75) is 65.2 Å². The Hall–Kier alpha value is -4.77. The maximum atomic E-state index is 13.7. The molecule has 11 nitrogen and oxygen atoms in total. The quantitative estimate of drug-likeness (QED) is 0.323. The fourth-order valence-electron chi connectivity index (χ4n) is 5.21. The number of hydrogen-bond donors (Lipinski definition) is 4. The van der Waals surface area contributed by atoms with Gasteiger partial charge in [-0.25, -0.2) is 9.78 Å². The van der Waals surface area contributed by atoms with E-state index >= 15 is 0 Å². The molecular weight excluding hydrogens is 576 g/mol.